The molecular weight excluding hydrogens is 172 g/mol. The molecule has 0 aliphatic rings. The molecule has 0 saturated carbocycles. The SMILES string of the molecule is CC(=O)Oc1cc(CO)ccc1O. The highest BCUT2D eigenvalue weighted by atomic mass is 16.5. The first kappa shape index (κ1) is 9.54. The summed E-state index contributed by atoms with van der Waals surface area (Å²) in [7, 11) is 0. The molecule has 0 aliphatic heterocycles. The molecule has 4 nitrogen and oxygen atoms in total. The first-order chi connectivity index (χ1) is 6.13. The van der Waals surface area contributed by atoms with E-state index in [1.54, 1.807) is 6.07 Å². The van der Waals surface area contributed by atoms with Gasteiger partial charge in [-0.05, 0) is 17.7 Å². The molecule has 0 aliphatic carbocycles. The summed E-state index contributed by atoms with van der Waals surface area (Å²) in [6, 6.07) is 4.32. The van der Waals surface area contributed by atoms with Crippen LogP contribution in [0.1, 0.15) is 12.5 Å². The average molecular weight is 182 g/mol. The van der Waals surface area contributed by atoms with Gasteiger partial charge in [-0.2, -0.15) is 0 Å². The minimum Gasteiger partial charge on any atom is -0.504 e. The van der Waals surface area contributed by atoms with Crippen LogP contribution in [0.2, 0.25) is 0 Å². The van der Waals surface area contributed by atoms with Crippen LogP contribution in [0.4, 0.5) is 0 Å². The highest BCUT2D eigenvalue weighted by molar-refractivity contribution is 5.70. The van der Waals surface area contributed by atoms with Gasteiger partial charge in [0.1, 0.15) is 0 Å². The molecule has 0 aromatic heterocycles. The standard InChI is InChI=1S/C9H10O4/c1-6(11)13-9-4-7(5-10)2-3-8(9)12/h2-4,10,12H,5H2,1H3. The molecule has 0 heterocycles. The van der Waals surface area contributed by atoms with Crippen LogP contribution in [0.25, 0.3) is 0 Å². The fourth-order valence-electron chi connectivity index (χ4n) is 0.893. The van der Waals surface area contributed by atoms with Crippen LogP contribution >= 0.6 is 0 Å². The van der Waals surface area contributed by atoms with E-state index in [0.717, 1.165) is 0 Å². The van der Waals surface area contributed by atoms with Crippen molar-refractivity contribution in [2.75, 3.05) is 0 Å². The summed E-state index contributed by atoms with van der Waals surface area (Å²) in [6.07, 6.45) is 0. The maximum atomic E-state index is 10.6. The van der Waals surface area contributed by atoms with Crippen LogP contribution in [-0.2, 0) is 11.4 Å². The Kier molecular flexibility index (Phi) is 2.87. The highest BCUT2D eigenvalue weighted by Gasteiger charge is 2.05. The second kappa shape index (κ2) is 3.91. The first-order valence-electron chi connectivity index (χ1n) is 3.74. The first-order valence-corrected chi connectivity index (χ1v) is 3.74. The number of hydrogen-bond donors (Lipinski definition) is 2. The van der Waals surface area contributed by atoms with Crippen LogP contribution in [-0.4, -0.2) is 16.2 Å². The number of ether oxygens (including phenoxy) is 1. The molecule has 0 unspecified atom stereocenters. The van der Waals surface area contributed by atoms with Gasteiger partial charge in [-0.25, -0.2) is 0 Å². The minimum atomic E-state index is -0.509. The molecule has 2 N–H and O–H groups in total. The molecule has 0 bridgehead atoms. The fraction of sp³-hybridized carbons (Fsp3) is 0.222. The molecule has 1 aromatic carbocycles. The van der Waals surface area contributed by atoms with Gasteiger partial charge in [-0.1, -0.05) is 6.07 Å². The number of phenolic OH excluding ortho intramolecular Hbond substituents is 1. The van der Waals surface area contributed by atoms with E-state index in [2.05, 4.69) is 4.74 Å². The maximum Gasteiger partial charge on any atom is 0.308 e. The van der Waals surface area contributed by atoms with Crippen LogP contribution in [0.5, 0.6) is 11.5 Å². The lowest BCUT2D eigenvalue weighted by molar-refractivity contribution is -0.132. The van der Waals surface area contributed by atoms with Crippen molar-refractivity contribution in [3.63, 3.8) is 0 Å². The Morgan fingerprint density at radius 3 is 2.77 bits per heavy atom. The van der Waals surface area contributed by atoms with Crippen molar-refractivity contribution in [1.82, 2.24) is 0 Å². The molecule has 4 heteroatoms. The van der Waals surface area contributed by atoms with Gasteiger partial charge in [-0.3, -0.25) is 4.79 Å². The average Bonchev–Trinajstić information content (AvgIpc) is 2.08. The normalized spacial score (nSPS) is 9.69. The third-order valence-corrected chi connectivity index (χ3v) is 1.46. The zero-order valence-corrected chi connectivity index (χ0v) is 7.15. The number of aliphatic hydroxyl groups excluding tert-OH is 1. The Bertz CT molecular complexity index is 319. The van der Waals surface area contributed by atoms with Crippen molar-refractivity contribution in [1.29, 1.82) is 0 Å². The lowest BCUT2D eigenvalue weighted by Gasteiger charge is -2.05. The lowest BCUT2D eigenvalue weighted by Crippen LogP contribution is -2.02. The van der Waals surface area contributed by atoms with Gasteiger partial charge in [0.15, 0.2) is 11.5 Å². The third-order valence-electron chi connectivity index (χ3n) is 1.46. The third kappa shape index (κ3) is 2.45. The van der Waals surface area contributed by atoms with Gasteiger partial charge in [0.05, 0.1) is 6.61 Å². The number of hydrogen-bond acceptors (Lipinski definition) is 4. The highest BCUT2D eigenvalue weighted by Crippen LogP contribution is 2.26. The lowest BCUT2D eigenvalue weighted by atomic mass is 10.2. The number of benzene rings is 1. The molecule has 1 rings (SSSR count). The summed E-state index contributed by atoms with van der Waals surface area (Å²) in [5, 5.41) is 18.0. The van der Waals surface area contributed by atoms with E-state index in [1.165, 1.54) is 19.1 Å². The molecule has 0 amide bonds. The Morgan fingerprint density at radius 1 is 1.54 bits per heavy atom. The van der Waals surface area contributed by atoms with Gasteiger partial charge in [0.25, 0.3) is 0 Å². The monoisotopic (exact) mass is 182 g/mol. The van der Waals surface area contributed by atoms with Gasteiger partial charge in [-0.15, -0.1) is 0 Å². The second-order valence-corrected chi connectivity index (χ2v) is 2.55. The van der Waals surface area contributed by atoms with E-state index >= 15 is 0 Å². The summed E-state index contributed by atoms with van der Waals surface area (Å²) >= 11 is 0. The van der Waals surface area contributed by atoms with Crippen molar-refractivity contribution < 1.29 is 19.7 Å². The number of aromatic hydroxyl groups is 1. The number of carbonyl (C=O) groups excluding carboxylic acids is 1. The Hall–Kier alpha value is -1.55. The largest absolute Gasteiger partial charge is 0.504 e. The summed E-state index contributed by atoms with van der Waals surface area (Å²) in [4.78, 5) is 10.6. The molecule has 0 spiro atoms. The summed E-state index contributed by atoms with van der Waals surface area (Å²) < 4.78 is 4.69. The van der Waals surface area contributed by atoms with Gasteiger partial charge in [0.2, 0.25) is 0 Å². The number of phenols is 1. The van der Waals surface area contributed by atoms with Gasteiger partial charge < -0.3 is 14.9 Å². The van der Waals surface area contributed by atoms with Crippen LogP contribution < -0.4 is 4.74 Å². The van der Waals surface area contributed by atoms with E-state index in [1.807, 2.05) is 0 Å². The predicted octanol–water partition coefficient (Wildman–Crippen LogP) is 0.810. The quantitative estimate of drug-likeness (QED) is 0.524. The van der Waals surface area contributed by atoms with E-state index in [0.29, 0.717) is 5.56 Å². The van der Waals surface area contributed by atoms with Crippen molar-refractivity contribution >= 4 is 5.97 Å². The fourth-order valence-corrected chi connectivity index (χ4v) is 0.893. The van der Waals surface area contributed by atoms with Crippen LogP contribution in [0.3, 0.4) is 0 Å². The Morgan fingerprint density at radius 2 is 2.23 bits per heavy atom. The maximum absolute atomic E-state index is 10.6. The number of carbonyl (C=O) groups is 1. The van der Waals surface area contributed by atoms with Crippen molar-refractivity contribution in [2.45, 2.75) is 13.5 Å². The zero-order valence-electron chi connectivity index (χ0n) is 7.15. The zero-order chi connectivity index (χ0) is 9.84. The van der Waals surface area contributed by atoms with E-state index < -0.39 is 5.97 Å². The van der Waals surface area contributed by atoms with Crippen molar-refractivity contribution in [3.8, 4) is 11.5 Å². The van der Waals surface area contributed by atoms with Gasteiger partial charge >= 0.3 is 5.97 Å². The molecule has 0 fully saturated rings. The number of esters is 1. The Balaban J connectivity index is 2.96. The molecule has 70 valence electrons. The number of rotatable bonds is 2. The molecule has 13 heavy (non-hydrogen) atoms. The predicted molar refractivity (Wildman–Crippen MR) is 45.3 cm³/mol. The van der Waals surface area contributed by atoms with E-state index in [-0.39, 0.29) is 18.1 Å². The van der Waals surface area contributed by atoms with Crippen molar-refractivity contribution in [3.05, 3.63) is 23.8 Å². The van der Waals surface area contributed by atoms with Crippen LogP contribution in [0, 0.1) is 0 Å². The van der Waals surface area contributed by atoms with E-state index in [9.17, 15) is 9.90 Å². The van der Waals surface area contributed by atoms with Gasteiger partial charge in [0, 0.05) is 6.92 Å². The molecule has 1 aromatic rings. The molecule has 0 saturated heterocycles. The molecular formula is C9H10O4. The Labute approximate surface area is 75.4 Å². The minimum absolute atomic E-state index is 0.0686. The van der Waals surface area contributed by atoms with Crippen LogP contribution in [0.15, 0.2) is 18.2 Å². The summed E-state index contributed by atoms with van der Waals surface area (Å²) in [5.74, 6) is -0.558. The smallest absolute Gasteiger partial charge is 0.308 e. The topological polar surface area (TPSA) is 66.8 Å². The number of aliphatic hydroxyl groups is 1. The molecule has 0 radical (unpaired) electrons. The summed E-state index contributed by atoms with van der Waals surface area (Å²) in [6.45, 7) is 1.08. The summed E-state index contributed by atoms with van der Waals surface area (Å²) in [5.41, 5.74) is 0.578. The van der Waals surface area contributed by atoms with Crippen molar-refractivity contribution in [2.24, 2.45) is 0 Å². The molecule has 0 atom stereocenters. The van der Waals surface area contributed by atoms with E-state index in [4.69, 9.17) is 5.11 Å². The second-order valence-electron chi connectivity index (χ2n) is 2.55.